The van der Waals surface area contributed by atoms with E-state index in [2.05, 4.69) is 52.9 Å². The van der Waals surface area contributed by atoms with Crippen LogP contribution in [-0.2, 0) is 11.2 Å². The van der Waals surface area contributed by atoms with Crippen molar-refractivity contribution in [3.8, 4) is 23.0 Å². The van der Waals surface area contributed by atoms with E-state index in [1.54, 1.807) is 6.08 Å². The molecule has 4 rings (SSSR count). The van der Waals surface area contributed by atoms with Crippen molar-refractivity contribution in [3.63, 3.8) is 0 Å². The van der Waals surface area contributed by atoms with Crippen LogP contribution >= 0.6 is 11.8 Å². The molecule has 0 spiro atoms. The number of allylic oxidation sites excluding steroid dienone is 1. The zero-order valence-corrected chi connectivity index (χ0v) is 24.6. The smallest absolute Gasteiger partial charge is 0.290 e. The van der Waals surface area contributed by atoms with Gasteiger partial charge in [-0.25, -0.2) is 0 Å². The fraction of sp³-hybridized carbons (Fsp3) is 0.419. The standard InChI is InChI=1S/C31H37NO6S/c1-8-35-25-15-22(16-26-29(33)32-30(34)39-26)9-10-24(25)37-17-31(7)13-11-23-21(6)27(36-14-12-18(2)3)19(4)20(5)28(23)38-31/h9-10,12,15-16H,8,11,13-14,17H2,1-7H3,(H,32,33,34)/b26-16-. The monoisotopic (exact) mass is 551 g/mol. The first-order chi connectivity index (χ1) is 18.5. The number of amides is 2. The summed E-state index contributed by atoms with van der Waals surface area (Å²) in [5.41, 5.74) is 5.97. The molecule has 0 bridgehead atoms. The van der Waals surface area contributed by atoms with Crippen molar-refractivity contribution < 1.29 is 28.5 Å². The molecule has 1 fully saturated rings. The Balaban J connectivity index is 1.52. The predicted molar refractivity (Wildman–Crippen MR) is 155 cm³/mol. The van der Waals surface area contributed by atoms with E-state index < -0.39 is 11.5 Å². The molecule has 1 unspecified atom stereocenters. The van der Waals surface area contributed by atoms with Crippen LogP contribution in [0.5, 0.6) is 23.0 Å². The highest BCUT2D eigenvalue weighted by Crippen LogP contribution is 2.44. The molecule has 1 saturated heterocycles. The molecule has 7 nitrogen and oxygen atoms in total. The third-order valence-electron chi connectivity index (χ3n) is 7.02. The number of fused-ring (bicyclic) bond motifs is 1. The average molecular weight is 552 g/mol. The van der Waals surface area contributed by atoms with E-state index in [1.807, 2.05) is 25.1 Å². The van der Waals surface area contributed by atoms with Gasteiger partial charge in [-0.15, -0.1) is 0 Å². The number of nitrogens with one attached hydrogen (secondary N) is 1. The van der Waals surface area contributed by atoms with Gasteiger partial charge in [0.15, 0.2) is 11.5 Å². The second-order valence-electron chi connectivity index (χ2n) is 10.4. The van der Waals surface area contributed by atoms with Crippen LogP contribution in [0.4, 0.5) is 4.79 Å². The van der Waals surface area contributed by atoms with Gasteiger partial charge in [0, 0.05) is 5.56 Å². The molecule has 1 atom stereocenters. The molecule has 39 heavy (non-hydrogen) atoms. The quantitative estimate of drug-likeness (QED) is 0.270. The number of carbonyl (C=O) groups is 2. The molecule has 2 heterocycles. The largest absolute Gasteiger partial charge is 0.490 e. The maximum atomic E-state index is 11.9. The van der Waals surface area contributed by atoms with E-state index in [-0.39, 0.29) is 5.24 Å². The van der Waals surface area contributed by atoms with Crippen molar-refractivity contribution in [2.24, 2.45) is 0 Å². The lowest BCUT2D eigenvalue weighted by Gasteiger charge is -2.38. The Morgan fingerprint density at radius 3 is 2.51 bits per heavy atom. The molecule has 208 valence electrons. The van der Waals surface area contributed by atoms with Crippen LogP contribution < -0.4 is 24.3 Å². The first-order valence-corrected chi connectivity index (χ1v) is 14.0. The topological polar surface area (TPSA) is 83.1 Å². The van der Waals surface area contributed by atoms with Crippen LogP contribution in [0.1, 0.15) is 61.9 Å². The van der Waals surface area contributed by atoms with Crippen LogP contribution in [0, 0.1) is 20.8 Å². The highest BCUT2D eigenvalue weighted by Gasteiger charge is 2.36. The van der Waals surface area contributed by atoms with Gasteiger partial charge in [-0.05, 0) is 120 Å². The maximum absolute atomic E-state index is 11.9. The van der Waals surface area contributed by atoms with Crippen molar-refractivity contribution in [1.82, 2.24) is 5.32 Å². The van der Waals surface area contributed by atoms with Crippen molar-refractivity contribution in [2.45, 2.75) is 66.9 Å². The Kier molecular flexibility index (Phi) is 8.64. The van der Waals surface area contributed by atoms with Gasteiger partial charge < -0.3 is 18.9 Å². The third kappa shape index (κ3) is 6.44. The lowest BCUT2D eigenvalue weighted by molar-refractivity contribution is -0.115. The second-order valence-corrected chi connectivity index (χ2v) is 11.5. The van der Waals surface area contributed by atoms with Crippen LogP contribution in [-0.4, -0.2) is 36.6 Å². The molecule has 1 N–H and O–H groups in total. The van der Waals surface area contributed by atoms with E-state index in [9.17, 15) is 9.59 Å². The summed E-state index contributed by atoms with van der Waals surface area (Å²) >= 11 is 0.886. The summed E-state index contributed by atoms with van der Waals surface area (Å²) in [7, 11) is 0. The highest BCUT2D eigenvalue weighted by atomic mass is 32.2. The highest BCUT2D eigenvalue weighted by molar-refractivity contribution is 8.18. The molecule has 2 aromatic carbocycles. The summed E-state index contributed by atoms with van der Waals surface area (Å²) in [5, 5.41) is 1.90. The third-order valence-corrected chi connectivity index (χ3v) is 7.83. The normalized spacial score (nSPS) is 19.3. The van der Waals surface area contributed by atoms with Crippen LogP contribution in [0.15, 0.2) is 34.8 Å². The zero-order chi connectivity index (χ0) is 28.3. The number of benzene rings is 2. The summed E-state index contributed by atoms with van der Waals surface area (Å²) in [5.74, 6) is 2.65. The fourth-order valence-electron chi connectivity index (χ4n) is 4.70. The molecular weight excluding hydrogens is 514 g/mol. The predicted octanol–water partition coefficient (Wildman–Crippen LogP) is 6.84. The van der Waals surface area contributed by atoms with E-state index in [1.165, 1.54) is 11.1 Å². The van der Waals surface area contributed by atoms with Gasteiger partial charge in [0.1, 0.15) is 30.3 Å². The summed E-state index contributed by atoms with van der Waals surface area (Å²) in [6, 6.07) is 5.48. The molecule has 2 aliphatic rings. The number of hydrogen-bond donors (Lipinski definition) is 1. The molecule has 0 radical (unpaired) electrons. The Morgan fingerprint density at radius 2 is 1.85 bits per heavy atom. The summed E-state index contributed by atoms with van der Waals surface area (Å²) in [4.78, 5) is 23.8. The van der Waals surface area contributed by atoms with Crippen molar-refractivity contribution in [2.75, 3.05) is 19.8 Å². The average Bonchev–Trinajstić information content (AvgIpc) is 3.20. The fourth-order valence-corrected chi connectivity index (χ4v) is 5.38. The summed E-state index contributed by atoms with van der Waals surface area (Å²) < 4.78 is 24.9. The molecule has 0 aliphatic carbocycles. The van der Waals surface area contributed by atoms with Gasteiger partial charge in [-0.1, -0.05) is 11.6 Å². The number of imide groups is 1. The van der Waals surface area contributed by atoms with Crippen molar-refractivity contribution in [3.05, 3.63) is 62.6 Å². The molecule has 2 amide bonds. The van der Waals surface area contributed by atoms with Gasteiger partial charge in [-0.3, -0.25) is 14.9 Å². The minimum absolute atomic E-state index is 0.343. The van der Waals surface area contributed by atoms with Gasteiger partial charge >= 0.3 is 0 Å². The number of ether oxygens (including phenoxy) is 4. The Morgan fingerprint density at radius 1 is 1.08 bits per heavy atom. The van der Waals surface area contributed by atoms with Crippen molar-refractivity contribution >= 4 is 29.0 Å². The maximum Gasteiger partial charge on any atom is 0.290 e. The van der Waals surface area contributed by atoms with E-state index >= 15 is 0 Å². The molecule has 2 aliphatic heterocycles. The molecular formula is C31H37NO6S. The summed E-state index contributed by atoms with van der Waals surface area (Å²) in [6.45, 7) is 15.8. The van der Waals surface area contributed by atoms with Crippen LogP contribution in [0.3, 0.4) is 0 Å². The first kappa shape index (κ1) is 28.6. The lowest BCUT2D eigenvalue weighted by Crippen LogP contribution is -2.42. The zero-order valence-electron chi connectivity index (χ0n) is 23.8. The van der Waals surface area contributed by atoms with Gasteiger partial charge in [-0.2, -0.15) is 0 Å². The Labute approximate surface area is 234 Å². The van der Waals surface area contributed by atoms with E-state index in [0.29, 0.717) is 36.2 Å². The van der Waals surface area contributed by atoms with Crippen LogP contribution in [0.2, 0.25) is 0 Å². The SMILES string of the molecule is CCOc1cc(/C=C2\SC(=O)NC2=O)ccc1OCC1(C)CCc2c(C)c(OCC=C(C)C)c(C)c(C)c2O1. The van der Waals surface area contributed by atoms with E-state index in [4.69, 9.17) is 18.9 Å². The first-order valence-electron chi connectivity index (χ1n) is 13.2. The second kappa shape index (κ2) is 11.8. The van der Waals surface area contributed by atoms with E-state index in [0.717, 1.165) is 58.4 Å². The Bertz CT molecular complexity index is 1360. The van der Waals surface area contributed by atoms with Crippen molar-refractivity contribution in [1.29, 1.82) is 0 Å². The lowest BCUT2D eigenvalue weighted by atomic mass is 9.87. The number of hydrogen-bond acceptors (Lipinski definition) is 7. The van der Waals surface area contributed by atoms with Gasteiger partial charge in [0.05, 0.1) is 11.5 Å². The van der Waals surface area contributed by atoms with Crippen LogP contribution in [0.25, 0.3) is 6.08 Å². The molecule has 0 saturated carbocycles. The van der Waals surface area contributed by atoms with Gasteiger partial charge in [0.25, 0.3) is 11.1 Å². The molecule has 2 aromatic rings. The summed E-state index contributed by atoms with van der Waals surface area (Å²) in [6.07, 6.45) is 5.42. The molecule has 0 aromatic heterocycles. The minimum Gasteiger partial charge on any atom is -0.490 e. The minimum atomic E-state index is -0.524. The number of rotatable bonds is 9. The van der Waals surface area contributed by atoms with Gasteiger partial charge in [0.2, 0.25) is 0 Å². The number of thioether (sulfide) groups is 1. The Hall–Kier alpha value is -3.39. The molecule has 8 heteroatoms. The number of carbonyl (C=O) groups excluding carboxylic acids is 2.